The Bertz CT molecular complexity index is 1720. The number of thioether (sulfide) groups is 1. The number of piperidine rings is 1. The largest absolute Gasteiger partial charge is 0.487 e. The van der Waals surface area contributed by atoms with Crippen LogP contribution >= 0.6 is 11.8 Å². The van der Waals surface area contributed by atoms with Crippen LogP contribution in [-0.4, -0.2) is 63.5 Å². The lowest BCUT2D eigenvalue weighted by molar-refractivity contribution is 0.147. The van der Waals surface area contributed by atoms with Crippen LogP contribution in [0.3, 0.4) is 0 Å². The fourth-order valence-corrected chi connectivity index (χ4v) is 4.90. The second-order valence-corrected chi connectivity index (χ2v) is 10.0. The second-order valence-electron chi connectivity index (χ2n) is 9.04. The van der Waals surface area contributed by atoms with Gasteiger partial charge >= 0.3 is 6.09 Å². The Labute approximate surface area is 251 Å². The number of halogens is 1. The van der Waals surface area contributed by atoms with E-state index in [-0.39, 0.29) is 47.5 Å². The van der Waals surface area contributed by atoms with Crippen molar-refractivity contribution in [3.63, 3.8) is 0 Å². The molecule has 1 aliphatic heterocycles. The number of carbonyl (C=O) groups excluding carboxylic acids is 1. The van der Waals surface area contributed by atoms with Crippen molar-refractivity contribution in [3.05, 3.63) is 66.0 Å². The lowest BCUT2D eigenvalue weighted by Crippen LogP contribution is -2.43. The van der Waals surface area contributed by atoms with Crippen LogP contribution in [0.5, 0.6) is 5.75 Å². The summed E-state index contributed by atoms with van der Waals surface area (Å²) in [6, 6.07) is 7.23. The van der Waals surface area contributed by atoms with E-state index in [4.69, 9.17) is 21.8 Å². The van der Waals surface area contributed by atoms with Gasteiger partial charge in [-0.15, -0.1) is 0 Å². The first kappa shape index (κ1) is 18.7. The van der Waals surface area contributed by atoms with Crippen molar-refractivity contribution in [3.8, 4) is 23.3 Å². The lowest BCUT2D eigenvalue weighted by atomic mass is 10.1. The number of aromatic nitrogens is 3. The summed E-state index contributed by atoms with van der Waals surface area (Å²) < 4.78 is 102. The summed E-state index contributed by atoms with van der Waals surface area (Å²) in [7, 11) is 2.02. The van der Waals surface area contributed by atoms with Gasteiger partial charge in [0.1, 0.15) is 18.2 Å². The molecule has 2 aromatic heterocycles. The van der Waals surface area contributed by atoms with Crippen LogP contribution in [-0.2, 0) is 11.3 Å². The van der Waals surface area contributed by atoms with Gasteiger partial charge < -0.3 is 19.7 Å². The van der Waals surface area contributed by atoms with Crippen LogP contribution in [0.1, 0.15) is 61.9 Å². The van der Waals surface area contributed by atoms with E-state index < -0.39 is 42.6 Å². The number of amides is 1. The molecule has 210 valence electrons. The highest BCUT2D eigenvalue weighted by Gasteiger charge is 2.21. The van der Waals surface area contributed by atoms with Crippen LogP contribution in [0, 0.1) is 17.7 Å². The molecule has 3 aromatic rings. The smallest absolute Gasteiger partial charge is 0.408 e. The molecule has 10 heteroatoms. The van der Waals surface area contributed by atoms with E-state index >= 15 is 0 Å². The van der Waals surface area contributed by atoms with E-state index in [9.17, 15) is 9.18 Å². The van der Waals surface area contributed by atoms with E-state index in [1.54, 1.807) is 12.1 Å². The number of nitrogens with zero attached hydrogens (tertiary/aromatic N) is 4. The average molecular weight is 573 g/mol. The molecule has 1 saturated heterocycles. The van der Waals surface area contributed by atoms with Crippen LogP contribution < -0.4 is 10.1 Å². The SMILES string of the molecule is [2H]C1([2H])C([2H])([2H])C([2H])([2H])C([2H])(Sc2ncc(COc3ccc(C#CCOC(=O)NC4CCN(C)CC4)c(F)c3)n2-c2cccnc2)C1([2H])[2H]. The summed E-state index contributed by atoms with van der Waals surface area (Å²) >= 11 is 0.253. The first-order valence-electron chi connectivity index (χ1n) is 17.1. The van der Waals surface area contributed by atoms with E-state index in [0.29, 0.717) is 11.4 Å². The van der Waals surface area contributed by atoms with Gasteiger partial charge in [-0.1, -0.05) is 36.3 Å². The second kappa shape index (κ2) is 13.7. The van der Waals surface area contributed by atoms with E-state index in [1.165, 1.54) is 35.3 Å². The summed E-state index contributed by atoms with van der Waals surface area (Å²) in [5, 5.41) is -0.349. The number of pyridine rings is 1. The zero-order valence-electron chi connectivity index (χ0n) is 30.7. The Hall–Kier alpha value is -3.55. The summed E-state index contributed by atoms with van der Waals surface area (Å²) in [5.74, 6) is 4.67. The molecule has 40 heavy (non-hydrogen) atoms. The fraction of sp³-hybridized carbons (Fsp3) is 0.433. The molecule has 1 saturated carbocycles. The molecule has 1 amide bonds. The Morgan fingerprint density at radius 2 is 2.10 bits per heavy atom. The Morgan fingerprint density at radius 1 is 1.27 bits per heavy atom. The molecule has 0 bridgehead atoms. The minimum absolute atomic E-state index is 0.0360. The van der Waals surface area contributed by atoms with Gasteiger partial charge in [0.15, 0.2) is 11.8 Å². The van der Waals surface area contributed by atoms with Crippen LogP contribution in [0.4, 0.5) is 9.18 Å². The van der Waals surface area contributed by atoms with Crippen molar-refractivity contribution in [2.45, 2.75) is 61.4 Å². The molecule has 8 nitrogen and oxygen atoms in total. The number of hydrogen-bond acceptors (Lipinski definition) is 7. The molecule has 1 aliphatic carbocycles. The van der Waals surface area contributed by atoms with Crippen LogP contribution in [0.2, 0.25) is 0 Å². The number of nitrogens with one attached hydrogen (secondary N) is 1. The van der Waals surface area contributed by atoms with Crippen molar-refractivity contribution in [2.75, 3.05) is 26.7 Å². The van der Waals surface area contributed by atoms with Gasteiger partial charge in [0.05, 0.1) is 29.3 Å². The quantitative estimate of drug-likeness (QED) is 0.372. The zero-order valence-corrected chi connectivity index (χ0v) is 22.6. The summed E-state index contributed by atoms with van der Waals surface area (Å²) in [6.45, 7) is 1.31. The fourth-order valence-electron chi connectivity index (χ4n) is 4.09. The molecule has 0 radical (unpaired) electrons. The minimum atomic E-state index is -3.36. The van der Waals surface area contributed by atoms with Crippen LogP contribution in [0.25, 0.3) is 5.69 Å². The molecule has 0 atom stereocenters. The van der Waals surface area contributed by atoms with E-state index in [1.807, 2.05) is 7.05 Å². The number of rotatable bonds is 8. The molecule has 1 N–H and O–H groups in total. The highest BCUT2D eigenvalue weighted by atomic mass is 32.2. The summed E-state index contributed by atoms with van der Waals surface area (Å²) in [5.41, 5.74) is 0.726. The predicted molar refractivity (Wildman–Crippen MR) is 152 cm³/mol. The first-order chi connectivity index (χ1) is 22.9. The molecule has 1 aromatic carbocycles. The van der Waals surface area contributed by atoms with E-state index in [2.05, 4.69) is 32.0 Å². The molecule has 2 aliphatic rings. The van der Waals surface area contributed by atoms with Gasteiger partial charge in [-0.25, -0.2) is 14.2 Å². The van der Waals surface area contributed by atoms with Crippen LogP contribution in [0.15, 0.2) is 54.1 Å². The third kappa shape index (κ3) is 7.55. The first-order valence-corrected chi connectivity index (χ1v) is 13.4. The summed E-state index contributed by atoms with van der Waals surface area (Å²) in [6.07, 6.45) is -8.00. The zero-order chi connectivity index (χ0) is 35.8. The Kier molecular flexibility index (Phi) is 6.41. The van der Waals surface area contributed by atoms with Gasteiger partial charge in [-0.2, -0.15) is 0 Å². The van der Waals surface area contributed by atoms with Crippen molar-refractivity contribution in [2.24, 2.45) is 0 Å². The topological polar surface area (TPSA) is 81.5 Å². The van der Waals surface area contributed by atoms with Gasteiger partial charge in [-0.05, 0) is 70.0 Å². The number of hydrogen-bond donors (Lipinski definition) is 1. The third-order valence-corrected chi connectivity index (χ3v) is 7.06. The highest BCUT2D eigenvalue weighted by molar-refractivity contribution is 7.99. The average Bonchev–Trinajstić information content (AvgIpc) is 3.47. The molecule has 2 fully saturated rings. The molecule has 0 unspecified atom stereocenters. The van der Waals surface area contributed by atoms with Gasteiger partial charge in [0.25, 0.3) is 0 Å². The molecule has 0 spiro atoms. The normalized spacial score (nSPS) is 25.5. The number of benzene rings is 1. The number of likely N-dealkylation sites (tertiary alicyclic amines) is 1. The lowest BCUT2D eigenvalue weighted by Gasteiger charge is -2.28. The highest BCUT2D eigenvalue weighted by Crippen LogP contribution is 2.35. The maximum atomic E-state index is 14.9. The number of imidazole rings is 1. The summed E-state index contributed by atoms with van der Waals surface area (Å²) in [4.78, 5) is 22.5. The molecular weight excluding hydrogens is 529 g/mol. The Morgan fingerprint density at radius 3 is 2.85 bits per heavy atom. The maximum Gasteiger partial charge on any atom is 0.408 e. The maximum absolute atomic E-state index is 14.9. The van der Waals surface area contributed by atoms with Crippen molar-refractivity contribution < 1.29 is 31.0 Å². The van der Waals surface area contributed by atoms with Crippen molar-refractivity contribution in [1.29, 1.82) is 0 Å². The molecular formula is C30H34FN5O3S. The number of ether oxygens (including phenoxy) is 2. The van der Waals surface area contributed by atoms with Crippen molar-refractivity contribution in [1.82, 2.24) is 24.8 Å². The van der Waals surface area contributed by atoms with Gasteiger partial charge in [0, 0.05) is 35.9 Å². The predicted octanol–water partition coefficient (Wildman–Crippen LogP) is 5.19. The van der Waals surface area contributed by atoms with Gasteiger partial charge in [0.2, 0.25) is 0 Å². The number of alkyl carbamates (subject to hydrolysis) is 1. The monoisotopic (exact) mass is 572 g/mol. The molecule has 5 rings (SSSR count). The standard InChI is InChI=1S/C30H34FN5O3S/c1-35-15-12-23(13-16-35)34-30(37)38-17-5-6-22-10-11-26(18-28(22)31)39-21-25-20-33-29(40-27-8-2-3-9-27)36(25)24-7-4-14-32-19-24/h4,7,10-11,14,18-20,23,27H,2-3,8-9,12-13,15-17,21H2,1H3,(H,34,37)/i2D2,3D2,8D2,9D2,27D. The van der Waals surface area contributed by atoms with E-state index in [0.717, 1.165) is 32.0 Å². The number of carbonyl (C=O) groups is 1. The van der Waals surface area contributed by atoms with Gasteiger partial charge in [-0.3, -0.25) is 9.55 Å². The molecule has 3 heterocycles. The van der Waals surface area contributed by atoms with Crippen molar-refractivity contribution >= 4 is 17.9 Å². The minimum Gasteiger partial charge on any atom is -0.487 e. The Balaban J connectivity index is 1.29. The third-order valence-electron chi connectivity index (χ3n) is 6.18.